The van der Waals surface area contributed by atoms with Gasteiger partial charge in [0.05, 0.1) is 0 Å². The first-order valence-electron chi connectivity index (χ1n) is 7.41. The molecule has 0 aromatic heterocycles. The van der Waals surface area contributed by atoms with Gasteiger partial charge in [-0.25, -0.2) is 9.59 Å². The third-order valence-electron chi connectivity index (χ3n) is 3.94. The number of thioether (sulfide) groups is 1. The Labute approximate surface area is 125 Å². The SMILES string of the molecule is CCC(CC)CN(CC)C(=O)N1CCSCC1C(=O)O. The first kappa shape index (κ1) is 17.1. The van der Waals surface area contributed by atoms with Gasteiger partial charge in [-0.2, -0.15) is 11.8 Å². The molecule has 0 aromatic rings. The van der Waals surface area contributed by atoms with E-state index in [1.54, 1.807) is 16.7 Å². The summed E-state index contributed by atoms with van der Waals surface area (Å²) in [6, 6.07) is -0.802. The molecule has 0 radical (unpaired) electrons. The molecule has 1 atom stereocenters. The fourth-order valence-corrected chi connectivity index (χ4v) is 3.46. The zero-order valence-electron chi connectivity index (χ0n) is 12.7. The number of nitrogens with zero attached hydrogens (tertiary/aromatic N) is 2. The molecule has 1 unspecified atom stereocenters. The summed E-state index contributed by atoms with van der Waals surface area (Å²) in [6.07, 6.45) is 2.08. The summed E-state index contributed by atoms with van der Waals surface area (Å²) in [5, 5.41) is 9.26. The van der Waals surface area contributed by atoms with E-state index in [0.29, 0.717) is 24.8 Å². The van der Waals surface area contributed by atoms with Gasteiger partial charge >= 0.3 is 12.0 Å². The summed E-state index contributed by atoms with van der Waals surface area (Å²) < 4.78 is 0. The molecule has 20 heavy (non-hydrogen) atoms. The molecule has 1 saturated heterocycles. The van der Waals surface area contributed by atoms with Gasteiger partial charge in [0.15, 0.2) is 0 Å². The third kappa shape index (κ3) is 4.30. The van der Waals surface area contributed by atoms with Crippen LogP contribution in [0.2, 0.25) is 0 Å². The number of rotatable bonds is 6. The Morgan fingerprint density at radius 1 is 1.35 bits per heavy atom. The van der Waals surface area contributed by atoms with Gasteiger partial charge in [-0.05, 0) is 12.8 Å². The van der Waals surface area contributed by atoms with Gasteiger partial charge in [-0.15, -0.1) is 0 Å². The van der Waals surface area contributed by atoms with Gasteiger partial charge in [-0.3, -0.25) is 0 Å². The number of carboxylic acids is 1. The minimum Gasteiger partial charge on any atom is -0.480 e. The molecule has 0 aromatic carbocycles. The van der Waals surface area contributed by atoms with Crippen LogP contribution in [0.25, 0.3) is 0 Å². The molecule has 6 heteroatoms. The van der Waals surface area contributed by atoms with Crippen molar-refractivity contribution in [1.29, 1.82) is 0 Å². The topological polar surface area (TPSA) is 60.9 Å². The van der Waals surface area contributed by atoms with Crippen molar-refractivity contribution in [3.63, 3.8) is 0 Å². The lowest BCUT2D eigenvalue weighted by molar-refractivity contribution is -0.141. The Balaban J connectivity index is 2.75. The Morgan fingerprint density at radius 3 is 2.50 bits per heavy atom. The normalized spacial score (nSPS) is 19.2. The molecule has 116 valence electrons. The number of carboxylic acid groups (broad SMARTS) is 1. The van der Waals surface area contributed by atoms with Crippen molar-refractivity contribution in [3.8, 4) is 0 Å². The lowest BCUT2D eigenvalue weighted by atomic mass is 10.0. The van der Waals surface area contributed by atoms with Crippen LogP contribution in [0.3, 0.4) is 0 Å². The lowest BCUT2D eigenvalue weighted by Gasteiger charge is -2.37. The van der Waals surface area contributed by atoms with Crippen molar-refractivity contribution in [2.24, 2.45) is 5.92 Å². The van der Waals surface area contributed by atoms with Crippen LogP contribution in [0.4, 0.5) is 4.79 Å². The van der Waals surface area contributed by atoms with Gasteiger partial charge in [0.25, 0.3) is 0 Å². The number of hydrogen-bond donors (Lipinski definition) is 1. The maximum Gasteiger partial charge on any atom is 0.327 e. The highest BCUT2D eigenvalue weighted by molar-refractivity contribution is 7.99. The van der Waals surface area contributed by atoms with Crippen molar-refractivity contribution in [3.05, 3.63) is 0 Å². The number of carbonyl (C=O) groups is 2. The van der Waals surface area contributed by atoms with Gasteiger partial charge in [0, 0.05) is 31.1 Å². The van der Waals surface area contributed by atoms with E-state index < -0.39 is 12.0 Å². The average Bonchev–Trinajstić information content (AvgIpc) is 2.48. The highest BCUT2D eigenvalue weighted by Crippen LogP contribution is 2.19. The second kappa shape index (κ2) is 8.39. The van der Waals surface area contributed by atoms with Gasteiger partial charge in [-0.1, -0.05) is 26.7 Å². The fourth-order valence-electron chi connectivity index (χ4n) is 2.42. The molecule has 5 nitrogen and oxygen atoms in total. The molecule has 1 rings (SSSR count). The summed E-state index contributed by atoms with van der Waals surface area (Å²) in [5.41, 5.74) is 0. The average molecular weight is 302 g/mol. The molecule has 0 spiro atoms. The molecular formula is C14H26N2O3S. The Hall–Kier alpha value is -0.910. The molecular weight excluding hydrogens is 276 g/mol. The van der Waals surface area contributed by atoms with E-state index in [9.17, 15) is 14.7 Å². The molecule has 2 amide bonds. The van der Waals surface area contributed by atoms with Crippen LogP contribution in [0.15, 0.2) is 0 Å². The molecule has 1 N–H and O–H groups in total. The van der Waals surface area contributed by atoms with Gasteiger partial charge < -0.3 is 14.9 Å². The van der Waals surface area contributed by atoms with Crippen LogP contribution in [-0.4, -0.2) is 64.1 Å². The van der Waals surface area contributed by atoms with Crippen molar-refractivity contribution >= 4 is 23.8 Å². The van der Waals surface area contributed by atoms with E-state index in [0.717, 1.165) is 25.1 Å². The highest BCUT2D eigenvalue weighted by atomic mass is 32.2. The molecule has 1 fully saturated rings. The lowest BCUT2D eigenvalue weighted by Crippen LogP contribution is -2.55. The first-order chi connectivity index (χ1) is 9.54. The number of amides is 2. The predicted octanol–water partition coefficient (Wildman–Crippen LogP) is 2.37. The van der Waals surface area contributed by atoms with Crippen molar-refractivity contribution in [2.45, 2.75) is 39.7 Å². The summed E-state index contributed by atoms with van der Waals surface area (Å²) in [7, 11) is 0. The molecule has 1 heterocycles. The monoisotopic (exact) mass is 302 g/mol. The van der Waals surface area contributed by atoms with Crippen LogP contribution in [-0.2, 0) is 4.79 Å². The molecule has 1 aliphatic heterocycles. The standard InChI is InChI=1S/C14H26N2O3S/c1-4-11(5-2)9-15(6-3)14(19)16-7-8-20-10-12(16)13(17)18/h11-12H,4-10H2,1-3H3,(H,17,18). The number of urea groups is 1. The number of hydrogen-bond acceptors (Lipinski definition) is 3. The second-order valence-corrected chi connectivity index (χ2v) is 6.28. The Kier molecular flexibility index (Phi) is 7.19. The maximum atomic E-state index is 12.6. The van der Waals surface area contributed by atoms with Crippen molar-refractivity contribution in [1.82, 2.24) is 9.80 Å². The number of carbonyl (C=O) groups excluding carboxylic acids is 1. The van der Waals surface area contributed by atoms with E-state index in [-0.39, 0.29) is 6.03 Å². The summed E-state index contributed by atoms with van der Waals surface area (Å²) in [6.45, 7) is 8.09. The Bertz CT molecular complexity index is 334. The molecule has 0 aliphatic carbocycles. The van der Waals surface area contributed by atoms with Gasteiger partial charge in [0.2, 0.25) is 0 Å². The van der Waals surface area contributed by atoms with E-state index in [1.807, 2.05) is 6.92 Å². The quantitative estimate of drug-likeness (QED) is 0.818. The van der Waals surface area contributed by atoms with Gasteiger partial charge in [0.1, 0.15) is 6.04 Å². The summed E-state index contributed by atoms with van der Waals surface area (Å²) >= 11 is 1.60. The fraction of sp³-hybridized carbons (Fsp3) is 0.857. The molecule has 1 aliphatic rings. The van der Waals surface area contributed by atoms with E-state index in [2.05, 4.69) is 13.8 Å². The first-order valence-corrected chi connectivity index (χ1v) is 8.56. The summed E-state index contributed by atoms with van der Waals surface area (Å²) in [4.78, 5) is 27.2. The third-order valence-corrected chi connectivity index (χ3v) is 4.97. The smallest absolute Gasteiger partial charge is 0.327 e. The molecule has 0 bridgehead atoms. The zero-order chi connectivity index (χ0) is 15.1. The van der Waals surface area contributed by atoms with Crippen LogP contribution in [0.5, 0.6) is 0 Å². The van der Waals surface area contributed by atoms with Crippen LogP contribution in [0, 0.1) is 5.92 Å². The largest absolute Gasteiger partial charge is 0.480 e. The number of aliphatic carboxylic acids is 1. The summed E-state index contributed by atoms with van der Waals surface area (Å²) in [5.74, 6) is 0.896. The minimum atomic E-state index is -0.899. The van der Waals surface area contributed by atoms with E-state index in [1.165, 1.54) is 4.90 Å². The highest BCUT2D eigenvalue weighted by Gasteiger charge is 2.34. The van der Waals surface area contributed by atoms with Crippen molar-refractivity contribution < 1.29 is 14.7 Å². The van der Waals surface area contributed by atoms with Crippen LogP contribution in [0.1, 0.15) is 33.6 Å². The van der Waals surface area contributed by atoms with E-state index >= 15 is 0 Å². The second-order valence-electron chi connectivity index (χ2n) is 5.13. The van der Waals surface area contributed by atoms with Crippen LogP contribution < -0.4 is 0 Å². The van der Waals surface area contributed by atoms with Crippen molar-refractivity contribution in [2.75, 3.05) is 31.1 Å². The Morgan fingerprint density at radius 2 is 2.00 bits per heavy atom. The van der Waals surface area contributed by atoms with E-state index in [4.69, 9.17) is 0 Å². The zero-order valence-corrected chi connectivity index (χ0v) is 13.5. The maximum absolute atomic E-state index is 12.6. The van der Waals surface area contributed by atoms with Crippen LogP contribution >= 0.6 is 11.8 Å². The predicted molar refractivity (Wildman–Crippen MR) is 82.2 cm³/mol. The minimum absolute atomic E-state index is 0.118. The molecule has 0 saturated carbocycles.